The van der Waals surface area contributed by atoms with Gasteiger partial charge >= 0.3 is 0 Å². The van der Waals surface area contributed by atoms with Crippen LogP contribution in [-0.2, 0) is 11.2 Å². The number of nitrogens with one attached hydrogen (secondary N) is 1. The average Bonchev–Trinajstić information content (AvgIpc) is 2.37. The van der Waals surface area contributed by atoms with E-state index in [1.807, 2.05) is 0 Å². The number of carbonyl (C=O) groups is 1. The van der Waals surface area contributed by atoms with E-state index >= 15 is 0 Å². The molecule has 0 spiro atoms. The molecular formula is C14H9Cl2F2NO. The molecule has 0 heterocycles. The van der Waals surface area contributed by atoms with Gasteiger partial charge in [0, 0.05) is 15.6 Å². The van der Waals surface area contributed by atoms with E-state index in [0.29, 0.717) is 0 Å². The molecule has 0 atom stereocenters. The molecule has 0 saturated carbocycles. The number of rotatable bonds is 3. The zero-order valence-corrected chi connectivity index (χ0v) is 11.6. The lowest BCUT2D eigenvalue weighted by atomic mass is 10.1. The summed E-state index contributed by atoms with van der Waals surface area (Å²) >= 11 is 11.4. The van der Waals surface area contributed by atoms with E-state index in [1.54, 1.807) is 0 Å². The molecule has 20 heavy (non-hydrogen) atoms. The van der Waals surface area contributed by atoms with Crippen LogP contribution in [-0.4, -0.2) is 5.91 Å². The standard InChI is InChI=1S/C14H9Cl2F2NO/c15-8-4-5-13(12(18)6-8)19-14(20)7-9-10(16)2-1-3-11(9)17/h1-6H,7H2,(H,19,20). The molecule has 0 aliphatic heterocycles. The van der Waals surface area contributed by atoms with Gasteiger partial charge in [-0.05, 0) is 30.3 Å². The number of benzene rings is 2. The van der Waals surface area contributed by atoms with Gasteiger partial charge in [-0.1, -0.05) is 29.3 Å². The second-order valence-corrected chi connectivity index (χ2v) is 4.89. The third-order valence-electron chi connectivity index (χ3n) is 2.60. The summed E-state index contributed by atoms with van der Waals surface area (Å²) in [6.45, 7) is 0. The molecule has 0 aliphatic carbocycles. The molecule has 0 unspecified atom stereocenters. The first-order valence-electron chi connectivity index (χ1n) is 5.65. The Labute approximate surface area is 124 Å². The first-order valence-corrected chi connectivity index (χ1v) is 6.41. The molecule has 0 aliphatic rings. The Hall–Kier alpha value is -1.65. The Balaban J connectivity index is 2.13. The number of carbonyl (C=O) groups excluding carboxylic acids is 1. The molecule has 0 saturated heterocycles. The van der Waals surface area contributed by atoms with Gasteiger partial charge in [-0.15, -0.1) is 0 Å². The minimum atomic E-state index is -0.662. The number of hydrogen-bond donors (Lipinski definition) is 1. The predicted octanol–water partition coefficient (Wildman–Crippen LogP) is 4.45. The maximum absolute atomic E-state index is 13.5. The fraction of sp³-hybridized carbons (Fsp3) is 0.0714. The Morgan fingerprint density at radius 1 is 1.10 bits per heavy atom. The van der Waals surface area contributed by atoms with Gasteiger partial charge < -0.3 is 5.32 Å². The average molecular weight is 316 g/mol. The van der Waals surface area contributed by atoms with E-state index in [-0.39, 0.29) is 27.7 Å². The largest absolute Gasteiger partial charge is 0.323 e. The van der Waals surface area contributed by atoms with Crippen molar-refractivity contribution in [1.82, 2.24) is 0 Å². The molecule has 0 radical (unpaired) electrons. The van der Waals surface area contributed by atoms with Crippen LogP contribution in [0.5, 0.6) is 0 Å². The summed E-state index contributed by atoms with van der Waals surface area (Å²) in [5.41, 5.74) is 0.0490. The van der Waals surface area contributed by atoms with Gasteiger partial charge in [0.15, 0.2) is 0 Å². The molecule has 1 N–H and O–H groups in total. The summed E-state index contributed by atoms with van der Waals surface area (Å²) in [7, 11) is 0. The van der Waals surface area contributed by atoms with E-state index in [1.165, 1.54) is 30.3 Å². The number of amides is 1. The molecule has 2 aromatic carbocycles. The molecule has 104 valence electrons. The normalized spacial score (nSPS) is 10.4. The van der Waals surface area contributed by atoms with Crippen LogP contribution in [0.3, 0.4) is 0 Å². The van der Waals surface area contributed by atoms with Crippen molar-refractivity contribution in [2.24, 2.45) is 0 Å². The van der Waals surface area contributed by atoms with Gasteiger partial charge in [0.25, 0.3) is 0 Å². The number of anilines is 1. The number of hydrogen-bond acceptors (Lipinski definition) is 1. The zero-order chi connectivity index (χ0) is 14.7. The lowest BCUT2D eigenvalue weighted by molar-refractivity contribution is -0.115. The predicted molar refractivity (Wildman–Crippen MR) is 75.2 cm³/mol. The summed E-state index contributed by atoms with van der Waals surface area (Å²) in [6, 6.07) is 7.98. The van der Waals surface area contributed by atoms with Crippen molar-refractivity contribution in [2.45, 2.75) is 6.42 Å². The monoisotopic (exact) mass is 315 g/mol. The first-order chi connectivity index (χ1) is 9.47. The van der Waals surface area contributed by atoms with Gasteiger partial charge in [-0.2, -0.15) is 0 Å². The second-order valence-electron chi connectivity index (χ2n) is 4.05. The second kappa shape index (κ2) is 6.20. The molecule has 2 nitrogen and oxygen atoms in total. The van der Waals surface area contributed by atoms with Crippen LogP contribution in [0.1, 0.15) is 5.56 Å². The smallest absolute Gasteiger partial charge is 0.229 e. The van der Waals surface area contributed by atoms with Crippen molar-refractivity contribution >= 4 is 34.8 Å². The van der Waals surface area contributed by atoms with E-state index in [9.17, 15) is 13.6 Å². The number of halogens is 4. The topological polar surface area (TPSA) is 29.1 Å². The van der Waals surface area contributed by atoms with Crippen LogP contribution >= 0.6 is 23.2 Å². The molecule has 0 fully saturated rings. The fourth-order valence-corrected chi connectivity index (χ4v) is 2.04. The Bertz CT molecular complexity index is 641. The molecule has 0 bridgehead atoms. The lowest BCUT2D eigenvalue weighted by Crippen LogP contribution is -2.16. The molecule has 6 heteroatoms. The maximum atomic E-state index is 13.5. The van der Waals surface area contributed by atoms with Gasteiger partial charge in [0.2, 0.25) is 5.91 Å². The quantitative estimate of drug-likeness (QED) is 0.890. The van der Waals surface area contributed by atoms with Gasteiger partial charge in [-0.3, -0.25) is 4.79 Å². The van der Waals surface area contributed by atoms with Crippen molar-refractivity contribution in [3.63, 3.8) is 0 Å². The summed E-state index contributed by atoms with van der Waals surface area (Å²) in [5.74, 6) is -1.81. The van der Waals surface area contributed by atoms with E-state index < -0.39 is 17.5 Å². The van der Waals surface area contributed by atoms with E-state index in [2.05, 4.69) is 5.32 Å². The van der Waals surface area contributed by atoms with Crippen LogP contribution in [0, 0.1) is 11.6 Å². The highest BCUT2D eigenvalue weighted by Crippen LogP contribution is 2.22. The first kappa shape index (κ1) is 14.8. The minimum absolute atomic E-state index is 0.0214. The van der Waals surface area contributed by atoms with Crippen molar-refractivity contribution in [2.75, 3.05) is 5.32 Å². The molecular weight excluding hydrogens is 307 g/mol. The Kier molecular flexibility index (Phi) is 4.57. The maximum Gasteiger partial charge on any atom is 0.229 e. The van der Waals surface area contributed by atoms with Crippen molar-refractivity contribution < 1.29 is 13.6 Å². The minimum Gasteiger partial charge on any atom is -0.323 e. The highest BCUT2D eigenvalue weighted by molar-refractivity contribution is 6.31. The summed E-state index contributed by atoms with van der Waals surface area (Å²) in [6.07, 6.45) is -0.284. The van der Waals surface area contributed by atoms with E-state index in [0.717, 1.165) is 6.07 Å². The Morgan fingerprint density at radius 2 is 1.85 bits per heavy atom. The van der Waals surface area contributed by atoms with Gasteiger partial charge in [0.1, 0.15) is 11.6 Å². The van der Waals surface area contributed by atoms with Crippen LogP contribution in [0.4, 0.5) is 14.5 Å². The molecule has 2 rings (SSSR count). The van der Waals surface area contributed by atoms with Crippen LogP contribution in [0.2, 0.25) is 10.0 Å². The van der Waals surface area contributed by atoms with Gasteiger partial charge in [0.05, 0.1) is 12.1 Å². The van der Waals surface area contributed by atoms with Gasteiger partial charge in [-0.25, -0.2) is 8.78 Å². The van der Waals surface area contributed by atoms with Crippen molar-refractivity contribution in [3.8, 4) is 0 Å². The highest BCUT2D eigenvalue weighted by Gasteiger charge is 2.13. The van der Waals surface area contributed by atoms with Crippen LogP contribution in [0.25, 0.3) is 0 Å². The summed E-state index contributed by atoms with van der Waals surface area (Å²) < 4.78 is 27.0. The molecule has 0 aromatic heterocycles. The van der Waals surface area contributed by atoms with Crippen LogP contribution < -0.4 is 5.32 Å². The van der Waals surface area contributed by atoms with Crippen LogP contribution in [0.15, 0.2) is 36.4 Å². The highest BCUT2D eigenvalue weighted by atomic mass is 35.5. The fourth-order valence-electron chi connectivity index (χ4n) is 1.65. The third kappa shape index (κ3) is 3.46. The Morgan fingerprint density at radius 3 is 2.50 bits per heavy atom. The molecule has 2 aromatic rings. The zero-order valence-electron chi connectivity index (χ0n) is 10.1. The third-order valence-corrected chi connectivity index (χ3v) is 3.19. The van der Waals surface area contributed by atoms with E-state index in [4.69, 9.17) is 23.2 Å². The van der Waals surface area contributed by atoms with Crippen molar-refractivity contribution in [3.05, 3.63) is 63.6 Å². The van der Waals surface area contributed by atoms with Crippen molar-refractivity contribution in [1.29, 1.82) is 0 Å². The summed E-state index contributed by atoms with van der Waals surface area (Å²) in [4.78, 5) is 11.8. The lowest BCUT2D eigenvalue weighted by Gasteiger charge is -2.08. The SMILES string of the molecule is O=C(Cc1c(F)cccc1Cl)Nc1ccc(Cl)cc1F. The summed E-state index contributed by atoms with van der Waals surface area (Å²) in [5, 5.41) is 2.71. The molecule has 1 amide bonds.